The van der Waals surface area contributed by atoms with E-state index in [0.717, 1.165) is 25.9 Å². The van der Waals surface area contributed by atoms with Crippen LogP contribution in [0.25, 0.3) is 0 Å². The summed E-state index contributed by atoms with van der Waals surface area (Å²) in [5, 5.41) is 17.5. The number of carbonyl (C=O) groups excluding carboxylic acids is 1. The molecule has 1 aromatic rings. The fourth-order valence-electron chi connectivity index (χ4n) is 2.80. The Hall–Kier alpha value is -1.80. The van der Waals surface area contributed by atoms with Crippen molar-refractivity contribution in [1.82, 2.24) is 10.6 Å². The third-order valence-corrected chi connectivity index (χ3v) is 5.19. The Morgan fingerprint density at radius 2 is 2.12 bits per heavy atom. The predicted octanol–water partition coefficient (Wildman–Crippen LogP) is 2.44. The number of ether oxygens (including phenoxy) is 1. The van der Waals surface area contributed by atoms with Gasteiger partial charge in [0.25, 0.3) is 11.6 Å². The molecule has 1 aliphatic rings. The summed E-state index contributed by atoms with van der Waals surface area (Å²) in [7, 11) is 1.45. The number of methoxy groups -OCH3 is 1. The summed E-state index contributed by atoms with van der Waals surface area (Å²) in [5.41, 5.74) is -0.148. The minimum atomic E-state index is -0.548. The highest BCUT2D eigenvalue weighted by atomic mass is 32.2. The number of amides is 1. The maximum atomic E-state index is 12.5. The number of hydrogen-bond donors (Lipinski definition) is 2. The molecule has 8 heteroatoms. The molecule has 2 N–H and O–H groups in total. The number of rotatable bonds is 6. The zero-order valence-corrected chi connectivity index (χ0v) is 15.0. The second-order valence-electron chi connectivity index (χ2n) is 6.22. The van der Waals surface area contributed by atoms with Crippen LogP contribution in [0.2, 0.25) is 0 Å². The van der Waals surface area contributed by atoms with Crippen LogP contribution < -0.4 is 15.4 Å². The van der Waals surface area contributed by atoms with E-state index in [1.807, 2.05) is 6.26 Å². The molecule has 1 saturated heterocycles. The van der Waals surface area contributed by atoms with Crippen LogP contribution in [0.15, 0.2) is 17.0 Å². The summed E-state index contributed by atoms with van der Waals surface area (Å²) in [6.07, 6.45) is 3.77. The molecular weight excluding hydrogens is 330 g/mol. The molecule has 0 bridgehead atoms. The molecule has 1 fully saturated rings. The molecule has 0 saturated carbocycles. The molecule has 0 aromatic heterocycles. The Kier molecular flexibility index (Phi) is 6.06. The number of nitrogens with one attached hydrogen (secondary N) is 2. The van der Waals surface area contributed by atoms with Gasteiger partial charge in [-0.2, -0.15) is 0 Å². The molecule has 0 atom stereocenters. The van der Waals surface area contributed by atoms with Crippen molar-refractivity contribution in [3.8, 4) is 5.75 Å². The van der Waals surface area contributed by atoms with Crippen molar-refractivity contribution in [2.75, 3.05) is 33.0 Å². The molecular formula is C16H23N3O4S. The van der Waals surface area contributed by atoms with Gasteiger partial charge >= 0.3 is 0 Å². The summed E-state index contributed by atoms with van der Waals surface area (Å²) in [4.78, 5) is 24.0. The van der Waals surface area contributed by atoms with E-state index < -0.39 is 10.8 Å². The van der Waals surface area contributed by atoms with Gasteiger partial charge in [-0.1, -0.05) is 6.92 Å². The lowest BCUT2D eigenvalue weighted by molar-refractivity contribution is -0.385. The summed E-state index contributed by atoms with van der Waals surface area (Å²) in [6, 6.07) is 2.84. The minimum Gasteiger partial charge on any atom is -0.495 e. The van der Waals surface area contributed by atoms with Crippen LogP contribution in [0.1, 0.15) is 30.1 Å². The fraction of sp³-hybridized carbons (Fsp3) is 0.562. The first-order valence-electron chi connectivity index (χ1n) is 7.79. The number of nitrogens with zero attached hydrogens (tertiary/aromatic N) is 1. The Morgan fingerprint density at radius 3 is 2.67 bits per heavy atom. The number of nitro groups is 1. The topological polar surface area (TPSA) is 93.5 Å². The van der Waals surface area contributed by atoms with Crippen molar-refractivity contribution >= 4 is 23.4 Å². The minimum absolute atomic E-state index is 0.0183. The number of benzene rings is 1. The maximum absolute atomic E-state index is 12.5. The van der Waals surface area contributed by atoms with E-state index in [1.165, 1.54) is 31.0 Å². The molecule has 0 radical (unpaired) electrons. The van der Waals surface area contributed by atoms with Crippen LogP contribution in [0, 0.1) is 15.5 Å². The van der Waals surface area contributed by atoms with Crippen LogP contribution in [-0.4, -0.2) is 43.8 Å². The first-order valence-corrected chi connectivity index (χ1v) is 9.02. The Balaban J connectivity index is 2.22. The van der Waals surface area contributed by atoms with Crippen LogP contribution in [0.5, 0.6) is 5.75 Å². The largest absolute Gasteiger partial charge is 0.495 e. The zero-order chi connectivity index (χ0) is 17.7. The molecule has 0 aliphatic carbocycles. The monoisotopic (exact) mass is 353 g/mol. The summed E-state index contributed by atoms with van der Waals surface area (Å²) in [6.45, 7) is 4.48. The van der Waals surface area contributed by atoms with Gasteiger partial charge in [-0.05, 0) is 43.7 Å². The average molecular weight is 353 g/mol. The highest BCUT2D eigenvalue weighted by Crippen LogP contribution is 2.34. The van der Waals surface area contributed by atoms with E-state index in [4.69, 9.17) is 4.74 Å². The molecule has 1 heterocycles. The lowest BCUT2D eigenvalue weighted by Gasteiger charge is -2.34. The van der Waals surface area contributed by atoms with Crippen molar-refractivity contribution in [2.45, 2.75) is 24.7 Å². The highest BCUT2D eigenvalue weighted by molar-refractivity contribution is 7.98. The average Bonchev–Trinajstić information content (AvgIpc) is 2.59. The third kappa shape index (κ3) is 4.18. The van der Waals surface area contributed by atoms with Gasteiger partial charge in [0.05, 0.1) is 23.0 Å². The highest BCUT2D eigenvalue weighted by Gasteiger charge is 2.29. The molecule has 1 aliphatic heterocycles. The first kappa shape index (κ1) is 18.5. The molecule has 7 nitrogen and oxygen atoms in total. The molecule has 0 unspecified atom stereocenters. The van der Waals surface area contributed by atoms with Gasteiger partial charge in [0.15, 0.2) is 0 Å². The summed E-state index contributed by atoms with van der Waals surface area (Å²) < 4.78 is 5.17. The van der Waals surface area contributed by atoms with Gasteiger partial charge in [0.1, 0.15) is 11.3 Å². The zero-order valence-electron chi connectivity index (χ0n) is 14.2. The van der Waals surface area contributed by atoms with Crippen LogP contribution >= 0.6 is 11.8 Å². The van der Waals surface area contributed by atoms with Gasteiger partial charge in [0, 0.05) is 6.54 Å². The Bertz CT molecular complexity index is 630. The lowest BCUT2D eigenvalue weighted by Crippen LogP contribution is -2.43. The lowest BCUT2D eigenvalue weighted by atomic mass is 9.81. The second-order valence-corrected chi connectivity index (χ2v) is 7.07. The van der Waals surface area contributed by atoms with E-state index in [9.17, 15) is 14.9 Å². The predicted molar refractivity (Wildman–Crippen MR) is 94.0 cm³/mol. The summed E-state index contributed by atoms with van der Waals surface area (Å²) in [5.74, 6) is -0.0181. The Morgan fingerprint density at radius 1 is 1.46 bits per heavy atom. The first-order chi connectivity index (χ1) is 11.4. The van der Waals surface area contributed by atoms with E-state index in [2.05, 4.69) is 17.6 Å². The Labute approximate surface area is 145 Å². The third-order valence-electron chi connectivity index (χ3n) is 4.43. The summed E-state index contributed by atoms with van der Waals surface area (Å²) >= 11 is 1.38. The van der Waals surface area contributed by atoms with Crippen molar-refractivity contribution in [3.05, 3.63) is 27.8 Å². The van der Waals surface area contributed by atoms with Crippen molar-refractivity contribution in [2.24, 2.45) is 5.41 Å². The standard InChI is InChI=1S/C16H23N3O4S/c1-16(4-6-17-7-5-16)10-18-15(20)11-8-14(24-3)13(23-2)9-12(11)19(21)22/h8-9,17H,4-7,10H2,1-3H3,(H,18,20). The van der Waals surface area contributed by atoms with Crippen LogP contribution in [0.3, 0.4) is 0 Å². The van der Waals surface area contributed by atoms with Crippen molar-refractivity contribution in [1.29, 1.82) is 0 Å². The quantitative estimate of drug-likeness (QED) is 0.463. The normalized spacial score (nSPS) is 16.5. The number of carbonyl (C=O) groups is 1. The molecule has 24 heavy (non-hydrogen) atoms. The number of thioether (sulfide) groups is 1. The maximum Gasteiger partial charge on any atom is 0.285 e. The van der Waals surface area contributed by atoms with E-state index in [-0.39, 0.29) is 16.7 Å². The molecule has 0 spiro atoms. The smallest absolute Gasteiger partial charge is 0.285 e. The number of hydrogen-bond acceptors (Lipinski definition) is 6. The molecule has 132 valence electrons. The number of nitro benzene ring substituents is 1. The van der Waals surface area contributed by atoms with Gasteiger partial charge in [-0.15, -0.1) is 11.8 Å². The van der Waals surface area contributed by atoms with E-state index in [1.54, 1.807) is 0 Å². The molecule has 2 rings (SSSR count). The number of piperidine rings is 1. The van der Waals surface area contributed by atoms with E-state index in [0.29, 0.717) is 17.2 Å². The van der Waals surface area contributed by atoms with Gasteiger partial charge in [0.2, 0.25) is 0 Å². The van der Waals surface area contributed by atoms with Crippen molar-refractivity contribution in [3.63, 3.8) is 0 Å². The van der Waals surface area contributed by atoms with Crippen LogP contribution in [-0.2, 0) is 0 Å². The van der Waals surface area contributed by atoms with Gasteiger partial charge < -0.3 is 15.4 Å². The molecule has 1 amide bonds. The van der Waals surface area contributed by atoms with Crippen LogP contribution in [0.4, 0.5) is 5.69 Å². The van der Waals surface area contributed by atoms with E-state index >= 15 is 0 Å². The van der Waals surface area contributed by atoms with Gasteiger partial charge in [-0.25, -0.2) is 0 Å². The van der Waals surface area contributed by atoms with Gasteiger partial charge in [-0.3, -0.25) is 14.9 Å². The fourth-order valence-corrected chi connectivity index (χ4v) is 3.38. The molecule has 1 aromatic carbocycles. The SMILES string of the molecule is COc1cc([N+](=O)[O-])c(C(=O)NCC2(C)CCNCC2)cc1SC. The van der Waals surface area contributed by atoms with Crippen molar-refractivity contribution < 1.29 is 14.5 Å². The second kappa shape index (κ2) is 7.85.